The van der Waals surface area contributed by atoms with Crippen molar-refractivity contribution in [3.8, 4) is 5.75 Å². The van der Waals surface area contributed by atoms with E-state index in [0.29, 0.717) is 17.6 Å². The van der Waals surface area contributed by atoms with Crippen molar-refractivity contribution in [3.05, 3.63) is 29.8 Å². The Bertz CT molecular complexity index is 472. The second-order valence-electron chi connectivity index (χ2n) is 5.76. The van der Waals surface area contributed by atoms with Crippen LogP contribution in [0, 0.1) is 0 Å². The van der Waals surface area contributed by atoms with Gasteiger partial charge in [0.2, 0.25) is 0 Å². The molecule has 0 atom stereocenters. The Kier molecular flexibility index (Phi) is 5.96. The fourth-order valence-electron chi connectivity index (χ4n) is 2.66. The van der Waals surface area contributed by atoms with Gasteiger partial charge in [-0.05, 0) is 52.2 Å². The monoisotopic (exact) mass is 307 g/mol. The number of likely N-dealkylation sites (tertiary alicyclic amines) is 1. The predicted molar refractivity (Wildman–Crippen MR) is 91.0 cm³/mol. The number of thiocarbonyl (C=S) groups is 1. The third kappa shape index (κ3) is 4.95. The third-order valence-electron chi connectivity index (χ3n) is 4.14. The number of hydrogen-bond acceptors (Lipinski definition) is 4. The number of nitrogens with zero attached hydrogens (tertiary/aromatic N) is 2. The van der Waals surface area contributed by atoms with Crippen molar-refractivity contribution in [1.82, 2.24) is 9.80 Å². The van der Waals surface area contributed by atoms with Gasteiger partial charge in [0, 0.05) is 18.2 Å². The van der Waals surface area contributed by atoms with Crippen LogP contribution in [0.5, 0.6) is 5.75 Å². The summed E-state index contributed by atoms with van der Waals surface area (Å²) in [5.41, 5.74) is 6.48. The minimum atomic E-state index is 0.406. The summed E-state index contributed by atoms with van der Waals surface area (Å²) in [5.74, 6) is 0.831. The molecule has 0 amide bonds. The summed E-state index contributed by atoms with van der Waals surface area (Å²) in [6.07, 6.45) is 2.48. The van der Waals surface area contributed by atoms with Crippen molar-refractivity contribution in [1.29, 1.82) is 0 Å². The first-order valence-corrected chi connectivity index (χ1v) is 7.88. The normalized spacial score (nSPS) is 17.1. The Morgan fingerprint density at radius 1 is 1.43 bits per heavy atom. The summed E-state index contributed by atoms with van der Waals surface area (Å²) in [5, 5.41) is 0. The number of ether oxygens (including phenoxy) is 1. The molecule has 0 bridgehead atoms. The fourth-order valence-corrected chi connectivity index (χ4v) is 2.79. The summed E-state index contributed by atoms with van der Waals surface area (Å²) in [6, 6.07) is 8.34. The zero-order valence-corrected chi connectivity index (χ0v) is 13.7. The van der Waals surface area contributed by atoms with Crippen molar-refractivity contribution in [2.75, 3.05) is 40.3 Å². The van der Waals surface area contributed by atoms with Crippen LogP contribution in [0.4, 0.5) is 0 Å². The Morgan fingerprint density at radius 2 is 2.14 bits per heavy atom. The Labute approximate surface area is 132 Å². The first-order chi connectivity index (χ1) is 10.1. The van der Waals surface area contributed by atoms with Gasteiger partial charge in [-0.1, -0.05) is 24.4 Å². The Balaban J connectivity index is 1.76. The van der Waals surface area contributed by atoms with Gasteiger partial charge >= 0.3 is 0 Å². The van der Waals surface area contributed by atoms with Crippen molar-refractivity contribution >= 4 is 17.2 Å². The number of nitrogens with two attached hydrogens (primary N) is 1. The highest BCUT2D eigenvalue weighted by molar-refractivity contribution is 7.80. The van der Waals surface area contributed by atoms with Crippen LogP contribution in [0.15, 0.2) is 24.3 Å². The molecule has 1 heterocycles. The number of likely N-dealkylation sites (N-methyl/N-ethyl adjacent to an activating group) is 1. The molecular formula is C16H25N3OS. The third-order valence-corrected chi connectivity index (χ3v) is 4.38. The molecule has 21 heavy (non-hydrogen) atoms. The lowest BCUT2D eigenvalue weighted by atomic mass is 10.0. The highest BCUT2D eigenvalue weighted by atomic mass is 32.1. The van der Waals surface area contributed by atoms with Crippen LogP contribution in [-0.2, 0) is 0 Å². The van der Waals surface area contributed by atoms with E-state index in [0.717, 1.165) is 17.9 Å². The summed E-state index contributed by atoms with van der Waals surface area (Å²) in [4.78, 5) is 5.20. The van der Waals surface area contributed by atoms with Crippen LogP contribution in [0.3, 0.4) is 0 Å². The van der Waals surface area contributed by atoms with Gasteiger partial charge in [-0.25, -0.2) is 0 Å². The molecule has 0 spiro atoms. The average Bonchev–Trinajstić information content (AvgIpc) is 2.48. The van der Waals surface area contributed by atoms with Crippen molar-refractivity contribution in [2.24, 2.45) is 5.73 Å². The average molecular weight is 307 g/mol. The summed E-state index contributed by atoms with van der Waals surface area (Å²) in [7, 11) is 4.37. The lowest BCUT2D eigenvalue weighted by Gasteiger charge is -2.35. The van der Waals surface area contributed by atoms with E-state index in [2.05, 4.69) is 23.9 Å². The van der Waals surface area contributed by atoms with Gasteiger partial charge < -0.3 is 15.4 Å². The van der Waals surface area contributed by atoms with Crippen molar-refractivity contribution in [2.45, 2.75) is 18.9 Å². The summed E-state index contributed by atoms with van der Waals surface area (Å²) >= 11 is 4.98. The number of hydrogen-bond donors (Lipinski definition) is 1. The SMILES string of the molecule is CN1CCC(N(C)CCOc2cccc(C(N)=S)c2)CC1. The van der Waals surface area contributed by atoms with Crippen LogP contribution in [0.1, 0.15) is 18.4 Å². The number of piperidine rings is 1. The minimum Gasteiger partial charge on any atom is -0.492 e. The van der Waals surface area contributed by atoms with Crippen LogP contribution < -0.4 is 10.5 Å². The van der Waals surface area contributed by atoms with Gasteiger partial charge in [-0.3, -0.25) is 4.90 Å². The molecule has 1 aliphatic rings. The molecule has 0 radical (unpaired) electrons. The zero-order chi connectivity index (χ0) is 15.2. The van der Waals surface area contributed by atoms with Gasteiger partial charge in [0.1, 0.15) is 17.3 Å². The molecule has 2 rings (SSSR count). The quantitative estimate of drug-likeness (QED) is 0.811. The second kappa shape index (κ2) is 7.73. The lowest BCUT2D eigenvalue weighted by molar-refractivity contribution is 0.127. The predicted octanol–water partition coefficient (Wildman–Crippen LogP) is 1.73. The molecule has 1 aromatic rings. The first kappa shape index (κ1) is 16.2. The highest BCUT2D eigenvalue weighted by Gasteiger charge is 2.20. The summed E-state index contributed by atoms with van der Waals surface area (Å²) in [6.45, 7) is 3.99. The number of benzene rings is 1. The maximum atomic E-state index is 5.81. The summed E-state index contributed by atoms with van der Waals surface area (Å²) < 4.78 is 5.81. The molecule has 5 heteroatoms. The van der Waals surface area contributed by atoms with E-state index < -0.39 is 0 Å². The first-order valence-electron chi connectivity index (χ1n) is 7.47. The second-order valence-corrected chi connectivity index (χ2v) is 6.20. The highest BCUT2D eigenvalue weighted by Crippen LogP contribution is 2.15. The maximum Gasteiger partial charge on any atom is 0.120 e. The van der Waals surface area contributed by atoms with Gasteiger partial charge in [-0.15, -0.1) is 0 Å². The molecular weight excluding hydrogens is 282 g/mol. The van der Waals surface area contributed by atoms with E-state index in [9.17, 15) is 0 Å². The van der Waals surface area contributed by atoms with Gasteiger partial charge in [-0.2, -0.15) is 0 Å². The van der Waals surface area contributed by atoms with E-state index in [1.165, 1.54) is 25.9 Å². The van der Waals surface area contributed by atoms with E-state index in [1.54, 1.807) is 0 Å². The largest absolute Gasteiger partial charge is 0.492 e. The van der Waals surface area contributed by atoms with E-state index >= 15 is 0 Å². The fraction of sp³-hybridized carbons (Fsp3) is 0.562. The molecule has 2 N–H and O–H groups in total. The van der Waals surface area contributed by atoms with Crippen molar-refractivity contribution < 1.29 is 4.74 Å². The Morgan fingerprint density at radius 3 is 2.81 bits per heavy atom. The maximum absolute atomic E-state index is 5.81. The van der Waals surface area contributed by atoms with Crippen LogP contribution in [0.25, 0.3) is 0 Å². The zero-order valence-electron chi connectivity index (χ0n) is 12.9. The molecule has 0 saturated carbocycles. The molecule has 1 saturated heterocycles. The molecule has 4 nitrogen and oxygen atoms in total. The van der Waals surface area contributed by atoms with Gasteiger partial charge in [0.15, 0.2) is 0 Å². The van der Waals surface area contributed by atoms with Crippen LogP contribution >= 0.6 is 12.2 Å². The molecule has 116 valence electrons. The lowest BCUT2D eigenvalue weighted by Crippen LogP contribution is -2.43. The molecule has 1 aliphatic heterocycles. The molecule has 1 aromatic carbocycles. The molecule has 0 aromatic heterocycles. The van der Waals surface area contributed by atoms with Gasteiger partial charge in [0.25, 0.3) is 0 Å². The molecule has 0 aliphatic carbocycles. The standard InChI is InChI=1S/C16H25N3OS/c1-18-8-6-14(7-9-18)19(2)10-11-20-15-5-3-4-13(12-15)16(17)21/h3-5,12,14H,6-11H2,1-2H3,(H2,17,21). The molecule has 1 fully saturated rings. The topological polar surface area (TPSA) is 41.7 Å². The van der Waals surface area contributed by atoms with E-state index in [1.807, 2.05) is 24.3 Å². The number of rotatable bonds is 6. The van der Waals surface area contributed by atoms with Crippen molar-refractivity contribution in [3.63, 3.8) is 0 Å². The van der Waals surface area contributed by atoms with Gasteiger partial charge in [0.05, 0.1) is 0 Å². The Hall–Kier alpha value is -1.17. The van der Waals surface area contributed by atoms with E-state index in [-0.39, 0.29) is 0 Å². The van der Waals surface area contributed by atoms with Crippen LogP contribution in [0.2, 0.25) is 0 Å². The smallest absolute Gasteiger partial charge is 0.120 e. The van der Waals surface area contributed by atoms with Crippen LogP contribution in [-0.4, -0.2) is 61.2 Å². The molecule has 0 unspecified atom stereocenters. The van der Waals surface area contributed by atoms with E-state index in [4.69, 9.17) is 22.7 Å². The minimum absolute atomic E-state index is 0.406.